The van der Waals surface area contributed by atoms with Crippen LogP contribution < -0.4 is 0 Å². The van der Waals surface area contributed by atoms with Gasteiger partial charge in [-0.25, -0.2) is 28.8 Å². The maximum atomic E-state index is 11.6. The molecule has 0 heterocycles. The molecule has 0 bridgehead atoms. The molecular formula is C22H18O12. The fourth-order valence-corrected chi connectivity index (χ4v) is 3.52. The smallest absolute Gasteiger partial charge is 0.336 e. The van der Waals surface area contributed by atoms with Crippen molar-refractivity contribution in [2.75, 3.05) is 0 Å². The number of aryl methyl sites for hydroxylation is 2. The summed E-state index contributed by atoms with van der Waals surface area (Å²) < 4.78 is 0. The molecule has 0 amide bonds. The normalized spacial score (nSPS) is 10.5. The van der Waals surface area contributed by atoms with Crippen LogP contribution in [-0.4, -0.2) is 66.5 Å². The summed E-state index contributed by atoms with van der Waals surface area (Å²) >= 11 is 0. The van der Waals surface area contributed by atoms with Gasteiger partial charge in [0.2, 0.25) is 0 Å². The van der Waals surface area contributed by atoms with E-state index >= 15 is 0 Å². The van der Waals surface area contributed by atoms with Gasteiger partial charge in [0, 0.05) is 0 Å². The summed E-state index contributed by atoms with van der Waals surface area (Å²) in [6, 6.07) is 3.55. The molecule has 0 aliphatic rings. The first kappa shape index (κ1) is 25.5. The second-order valence-electron chi connectivity index (χ2n) is 7.15. The van der Waals surface area contributed by atoms with E-state index in [2.05, 4.69) is 0 Å². The largest absolute Gasteiger partial charge is 0.478 e. The lowest BCUT2D eigenvalue weighted by atomic mass is 9.91. The van der Waals surface area contributed by atoms with Crippen LogP contribution in [-0.2, 0) is 12.8 Å². The van der Waals surface area contributed by atoms with Crippen LogP contribution in [0.15, 0.2) is 24.3 Å². The van der Waals surface area contributed by atoms with Crippen LogP contribution in [0.4, 0.5) is 0 Å². The molecule has 0 fully saturated rings. The second-order valence-corrected chi connectivity index (χ2v) is 7.15. The summed E-state index contributed by atoms with van der Waals surface area (Å²) in [7, 11) is 0. The topological polar surface area (TPSA) is 224 Å². The summed E-state index contributed by atoms with van der Waals surface area (Å²) in [5, 5.41) is 55.8. The molecule has 0 unspecified atom stereocenters. The van der Waals surface area contributed by atoms with Crippen molar-refractivity contribution in [1.29, 1.82) is 0 Å². The summed E-state index contributed by atoms with van der Waals surface area (Å²) in [4.78, 5) is 68.7. The van der Waals surface area contributed by atoms with Gasteiger partial charge < -0.3 is 30.6 Å². The van der Waals surface area contributed by atoms with Gasteiger partial charge in [0.25, 0.3) is 0 Å². The monoisotopic (exact) mass is 474 g/mol. The first-order chi connectivity index (χ1) is 15.8. The third-order valence-electron chi connectivity index (χ3n) is 4.96. The van der Waals surface area contributed by atoms with E-state index in [-0.39, 0.29) is 36.8 Å². The molecular weight excluding hydrogens is 456 g/mol. The zero-order valence-corrected chi connectivity index (χ0v) is 17.3. The summed E-state index contributed by atoms with van der Waals surface area (Å²) in [5.74, 6) is -9.31. The first-order valence-corrected chi connectivity index (χ1v) is 9.58. The summed E-state index contributed by atoms with van der Waals surface area (Å²) in [6.45, 7) is 0. The number of hydrogen-bond donors (Lipinski definition) is 6. The maximum absolute atomic E-state index is 11.6. The third kappa shape index (κ3) is 5.54. The van der Waals surface area contributed by atoms with Gasteiger partial charge in [-0.05, 0) is 61.1 Å². The number of rotatable bonds is 11. The zero-order valence-electron chi connectivity index (χ0n) is 17.3. The number of carboxylic acid groups (broad SMARTS) is 6. The Hall–Kier alpha value is -4.74. The molecule has 6 N–H and O–H groups in total. The molecule has 0 atom stereocenters. The van der Waals surface area contributed by atoms with Crippen LogP contribution in [0.3, 0.4) is 0 Å². The highest BCUT2D eigenvalue weighted by Gasteiger charge is 2.25. The van der Waals surface area contributed by atoms with Crippen LogP contribution in [0.25, 0.3) is 0 Å². The molecule has 0 aliphatic carbocycles. The standard InChI is InChI=1S/C22H18O12/c23-17(24)11-5-9(15(21(31)32)13(7-11)19(27)28)3-1-2-4-10-6-12(18(25)26)8-14(20(29)30)16(10)22(33)34/h5-8H,1-4H2,(H,23,24)(H,25,26)(H,27,28)(H,29,30)(H,31,32)(H,33,34). The van der Waals surface area contributed by atoms with Gasteiger partial charge in [0.15, 0.2) is 0 Å². The second kappa shape index (κ2) is 10.3. The lowest BCUT2D eigenvalue weighted by Crippen LogP contribution is -2.15. The van der Waals surface area contributed by atoms with Gasteiger partial charge >= 0.3 is 35.8 Å². The Morgan fingerprint density at radius 3 is 1.03 bits per heavy atom. The molecule has 2 aromatic carbocycles. The van der Waals surface area contributed by atoms with E-state index in [4.69, 9.17) is 0 Å². The predicted molar refractivity (Wildman–Crippen MR) is 111 cm³/mol. The average molecular weight is 474 g/mol. The molecule has 0 spiro atoms. The van der Waals surface area contributed by atoms with Crippen molar-refractivity contribution in [3.63, 3.8) is 0 Å². The molecule has 0 saturated heterocycles. The molecule has 2 aromatic rings. The van der Waals surface area contributed by atoms with E-state index in [0.29, 0.717) is 0 Å². The van der Waals surface area contributed by atoms with Crippen molar-refractivity contribution in [3.05, 3.63) is 68.8 Å². The van der Waals surface area contributed by atoms with Crippen LogP contribution in [0.5, 0.6) is 0 Å². The molecule has 2 rings (SSSR count). The molecule has 0 radical (unpaired) electrons. The van der Waals surface area contributed by atoms with E-state index in [1.807, 2.05) is 0 Å². The highest BCUT2D eigenvalue weighted by molar-refractivity contribution is 6.06. The van der Waals surface area contributed by atoms with Gasteiger partial charge in [-0.2, -0.15) is 0 Å². The number of aromatic carboxylic acids is 6. The minimum Gasteiger partial charge on any atom is -0.478 e. The van der Waals surface area contributed by atoms with Gasteiger partial charge in [-0.3, -0.25) is 0 Å². The molecule has 178 valence electrons. The first-order valence-electron chi connectivity index (χ1n) is 9.58. The maximum Gasteiger partial charge on any atom is 0.336 e. The number of hydrogen-bond acceptors (Lipinski definition) is 6. The van der Waals surface area contributed by atoms with Crippen LogP contribution >= 0.6 is 0 Å². The van der Waals surface area contributed by atoms with Crippen LogP contribution in [0.2, 0.25) is 0 Å². The van der Waals surface area contributed by atoms with Gasteiger partial charge in [0.05, 0.1) is 33.4 Å². The van der Waals surface area contributed by atoms with Crippen molar-refractivity contribution >= 4 is 35.8 Å². The summed E-state index contributed by atoms with van der Waals surface area (Å²) in [6.07, 6.45) is 0.0774. The highest BCUT2D eigenvalue weighted by atomic mass is 16.4. The minimum atomic E-state index is -1.63. The average Bonchev–Trinajstić information content (AvgIpc) is 2.74. The summed E-state index contributed by atoms with van der Waals surface area (Å²) in [5.41, 5.74) is -3.53. The van der Waals surface area contributed by atoms with Crippen LogP contribution in [0.1, 0.15) is 86.1 Å². The van der Waals surface area contributed by atoms with E-state index in [1.165, 1.54) is 0 Å². The van der Waals surface area contributed by atoms with Crippen molar-refractivity contribution in [3.8, 4) is 0 Å². The number of carboxylic acids is 6. The van der Waals surface area contributed by atoms with Gasteiger partial charge in [-0.1, -0.05) is 0 Å². The molecule has 0 aliphatic heterocycles. The lowest BCUT2D eigenvalue weighted by Gasteiger charge is -2.13. The lowest BCUT2D eigenvalue weighted by molar-refractivity contribution is 0.0647. The van der Waals surface area contributed by atoms with E-state index < -0.39 is 69.2 Å². The number of unbranched alkanes of at least 4 members (excludes halogenated alkanes) is 1. The molecule has 34 heavy (non-hydrogen) atoms. The fraction of sp³-hybridized carbons (Fsp3) is 0.182. The van der Waals surface area contributed by atoms with Crippen molar-refractivity contribution in [2.45, 2.75) is 25.7 Å². The quantitative estimate of drug-likeness (QED) is 0.258. The Morgan fingerprint density at radius 2 is 0.794 bits per heavy atom. The van der Waals surface area contributed by atoms with E-state index in [0.717, 1.165) is 24.3 Å². The third-order valence-corrected chi connectivity index (χ3v) is 4.96. The number of benzene rings is 2. The van der Waals surface area contributed by atoms with E-state index in [9.17, 15) is 59.4 Å². The molecule has 0 saturated carbocycles. The Morgan fingerprint density at radius 1 is 0.471 bits per heavy atom. The van der Waals surface area contributed by atoms with Crippen molar-refractivity contribution in [1.82, 2.24) is 0 Å². The van der Waals surface area contributed by atoms with Crippen molar-refractivity contribution < 1.29 is 59.4 Å². The van der Waals surface area contributed by atoms with Crippen LogP contribution in [0, 0.1) is 0 Å². The number of carbonyl (C=O) groups is 6. The molecule has 0 aromatic heterocycles. The Balaban J connectivity index is 2.37. The highest BCUT2D eigenvalue weighted by Crippen LogP contribution is 2.24. The molecule has 12 heteroatoms. The van der Waals surface area contributed by atoms with Gasteiger partial charge in [0.1, 0.15) is 0 Å². The minimum absolute atomic E-state index is 0.0613. The molecule has 12 nitrogen and oxygen atoms in total. The zero-order chi connectivity index (χ0) is 25.7. The SMILES string of the molecule is O=C(O)c1cc(CCCCc2cc(C(=O)O)cc(C(=O)O)c2C(=O)O)c(C(=O)O)c(C(=O)O)c1. The Bertz CT molecular complexity index is 1130. The predicted octanol–water partition coefficient (Wildman–Crippen LogP) is 2.44. The Labute approximate surface area is 190 Å². The van der Waals surface area contributed by atoms with Gasteiger partial charge in [-0.15, -0.1) is 0 Å². The van der Waals surface area contributed by atoms with E-state index in [1.54, 1.807) is 0 Å². The Kier molecular flexibility index (Phi) is 7.69. The fourth-order valence-electron chi connectivity index (χ4n) is 3.52. The van der Waals surface area contributed by atoms with Crippen molar-refractivity contribution in [2.24, 2.45) is 0 Å².